The predicted octanol–water partition coefficient (Wildman–Crippen LogP) is 2.74. The van der Waals surface area contributed by atoms with E-state index < -0.39 is 0 Å². The minimum atomic E-state index is -0.0307. The maximum Gasteiger partial charge on any atom is 0.259 e. The summed E-state index contributed by atoms with van der Waals surface area (Å²) in [5, 5.41) is 3.70. The Morgan fingerprint density at radius 1 is 1.29 bits per heavy atom. The van der Waals surface area contributed by atoms with Crippen LogP contribution in [0, 0.1) is 12.8 Å². The standard InChI is InChI=1S/C16H22N2O3/c1-11-13(10-17-21-11)16(20)18-9-5-4-7-14(18)12-6-2-3-8-15(12)19/h10,12,14H,2-9H2,1H3. The van der Waals surface area contributed by atoms with Crippen molar-refractivity contribution in [1.29, 1.82) is 0 Å². The number of hydrogen-bond donors (Lipinski definition) is 0. The number of likely N-dealkylation sites (tertiary alicyclic amines) is 1. The van der Waals surface area contributed by atoms with Crippen LogP contribution in [-0.2, 0) is 4.79 Å². The van der Waals surface area contributed by atoms with Gasteiger partial charge in [-0.2, -0.15) is 0 Å². The topological polar surface area (TPSA) is 63.4 Å². The fourth-order valence-electron chi connectivity index (χ4n) is 3.70. The molecule has 114 valence electrons. The second-order valence-corrected chi connectivity index (χ2v) is 6.18. The van der Waals surface area contributed by atoms with E-state index in [0.29, 0.717) is 23.5 Å². The second-order valence-electron chi connectivity index (χ2n) is 6.18. The molecule has 5 nitrogen and oxygen atoms in total. The molecule has 2 unspecified atom stereocenters. The van der Waals surface area contributed by atoms with Crippen LogP contribution in [0.3, 0.4) is 0 Å². The molecule has 1 amide bonds. The number of hydrogen-bond acceptors (Lipinski definition) is 4. The first-order valence-corrected chi connectivity index (χ1v) is 7.93. The van der Waals surface area contributed by atoms with Gasteiger partial charge in [-0.25, -0.2) is 0 Å². The number of ketones is 1. The van der Waals surface area contributed by atoms with Crippen LogP contribution in [0.2, 0.25) is 0 Å². The average Bonchev–Trinajstić information content (AvgIpc) is 2.93. The van der Waals surface area contributed by atoms with E-state index in [1.54, 1.807) is 6.92 Å². The van der Waals surface area contributed by atoms with Crippen LogP contribution >= 0.6 is 0 Å². The summed E-state index contributed by atoms with van der Waals surface area (Å²) < 4.78 is 5.01. The highest BCUT2D eigenvalue weighted by molar-refractivity contribution is 5.95. The molecule has 1 saturated heterocycles. The van der Waals surface area contributed by atoms with Gasteiger partial charge < -0.3 is 9.42 Å². The molecule has 1 aliphatic heterocycles. The van der Waals surface area contributed by atoms with Crippen LogP contribution in [0.5, 0.6) is 0 Å². The van der Waals surface area contributed by atoms with Crippen molar-refractivity contribution in [3.8, 4) is 0 Å². The molecule has 2 fully saturated rings. The van der Waals surface area contributed by atoms with Gasteiger partial charge in [-0.1, -0.05) is 11.6 Å². The lowest BCUT2D eigenvalue weighted by Crippen LogP contribution is -2.50. The second kappa shape index (κ2) is 6.00. The molecule has 21 heavy (non-hydrogen) atoms. The highest BCUT2D eigenvalue weighted by Gasteiger charge is 2.38. The normalized spacial score (nSPS) is 26.9. The number of carbonyl (C=O) groups is 2. The minimum absolute atomic E-state index is 0.0307. The summed E-state index contributed by atoms with van der Waals surface area (Å²) in [7, 11) is 0. The van der Waals surface area contributed by atoms with Gasteiger partial charge in [0.25, 0.3) is 5.91 Å². The molecule has 0 spiro atoms. The maximum atomic E-state index is 12.8. The summed E-state index contributed by atoms with van der Waals surface area (Å²) in [6, 6.07) is 0.0633. The lowest BCUT2D eigenvalue weighted by molar-refractivity contribution is -0.127. The zero-order valence-electron chi connectivity index (χ0n) is 12.5. The number of aromatic nitrogens is 1. The van der Waals surface area contributed by atoms with Gasteiger partial charge in [-0.05, 0) is 39.0 Å². The smallest absolute Gasteiger partial charge is 0.259 e. The summed E-state index contributed by atoms with van der Waals surface area (Å²) in [5.41, 5.74) is 0.533. The monoisotopic (exact) mass is 290 g/mol. The zero-order chi connectivity index (χ0) is 14.8. The van der Waals surface area contributed by atoms with E-state index in [-0.39, 0.29) is 17.9 Å². The first-order chi connectivity index (χ1) is 10.2. The van der Waals surface area contributed by atoms with Gasteiger partial charge in [0.15, 0.2) is 0 Å². The SMILES string of the molecule is Cc1oncc1C(=O)N1CCCCC1C1CCCCC1=O. The molecule has 1 aliphatic carbocycles. The van der Waals surface area contributed by atoms with Gasteiger partial charge in [0.05, 0.1) is 6.20 Å². The van der Waals surface area contributed by atoms with Crippen LogP contribution in [-0.4, -0.2) is 34.3 Å². The summed E-state index contributed by atoms with van der Waals surface area (Å²) >= 11 is 0. The van der Waals surface area contributed by atoms with Crippen molar-refractivity contribution in [1.82, 2.24) is 10.1 Å². The van der Waals surface area contributed by atoms with Crippen LogP contribution in [0.4, 0.5) is 0 Å². The highest BCUT2D eigenvalue weighted by atomic mass is 16.5. The molecular formula is C16H22N2O3. The van der Waals surface area contributed by atoms with Crippen molar-refractivity contribution < 1.29 is 14.1 Å². The van der Waals surface area contributed by atoms with Gasteiger partial charge in [-0.3, -0.25) is 9.59 Å². The third-order valence-electron chi connectivity index (χ3n) is 4.86. The average molecular weight is 290 g/mol. The number of amides is 1. The molecular weight excluding hydrogens is 268 g/mol. The van der Waals surface area contributed by atoms with Crippen LogP contribution in [0.25, 0.3) is 0 Å². The van der Waals surface area contributed by atoms with Gasteiger partial charge in [0.2, 0.25) is 0 Å². The molecule has 0 radical (unpaired) electrons. The lowest BCUT2D eigenvalue weighted by atomic mass is 9.79. The summed E-state index contributed by atoms with van der Waals surface area (Å²) in [6.07, 6.45) is 8.24. The summed E-state index contributed by atoms with van der Waals surface area (Å²) in [5.74, 6) is 0.896. The molecule has 2 heterocycles. The molecule has 1 aromatic rings. The number of rotatable bonds is 2. The van der Waals surface area contributed by atoms with Crippen molar-refractivity contribution in [2.24, 2.45) is 5.92 Å². The Bertz CT molecular complexity index is 537. The minimum Gasteiger partial charge on any atom is -0.361 e. The quantitative estimate of drug-likeness (QED) is 0.840. The number of aryl methyl sites for hydroxylation is 1. The number of carbonyl (C=O) groups excluding carboxylic acids is 2. The van der Waals surface area contributed by atoms with Crippen molar-refractivity contribution in [2.45, 2.75) is 57.9 Å². The van der Waals surface area contributed by atoms with E-state index in [1.165, 1.54) is 6.20 Å². The van der Waals surface area contributed by atoms with Crippen LogP contribution < -0.4 is 0 Å². The van der Waals surface area contributed by atoms with E-state index in [0.717, 1.165) is 45.1 Å². The van der Waals surface area contributed by atoms with E-state index in [2.05, 4.69) is 5.16 Å². The third kappa shape index (κ3) is 2.74. The Balaban J connectivity index is 1.82. The van der Waals surface area contributed by atoms with Gasteiger partial charge >= 0.3 is 0 Å². The van der Waals surface area contributed by atoms with Gasteiger partial charge in [0.1, 0.15) is 17.1 Å². The van der Waals surface area contributed by atoms with Crippen LogP contribution in [0.15, 0.2) is 10.7 Å². The van der Waals surface area contributed by atoms with Gasteiger partial charge in [-0.15, -0.1) is 0 Å². The zero-order valence-corrected chi connectivity index (χ0v) is 12.5. The Labute approximate surface area is 124 Å². The third-order valence-corrected chi connectivity index (χ3v) is 4.86. The van der Waals surface area contributed by atoms with Crippen LogP contribution in [0.1, 0.15) is 61.1 Å². The van der Waals surface area contributed by atoms with Crippen molar-refractivity contribution >= 4 is 11.7 Å². The Hall–Kier alpha value is -1.65. The van der Waals surface area contributed by atoms with E-state index in [9.17, 15) is 9.59 Å². The Kier molecular flexibility index (Phi) is 4.08. The molecule has 2 atom stereocenters. The Morgan fingerprint density at radius 2 is 2.10 bits per heavy atom. The number of Topliss-reactive ketones (excluding diaryl/α,β-unsaturated/α-hetero) is 1. The Morgan fingerprint density at radius 3 is 2.81 bits per heavy atom. The number of piperidine rings is 1. The van der Waals surface area contributed by atoms with Gasteiger partial charge in [0, 0.05) is 24.9 Å². The number of nitrogens with zero attached hydrogens (tertiary/aromatic N) is 2. The first kappa shape index (κ1) is 14.3. The van der Waals surface area contributed by atoms with E-state index in [1.807, 2.05) is 4.90 Å². The fraction of sp³-hybridized carbons (Fsp3) is 0.688. The molecule has 5 heteroatoms. The molecule has 0 aromatic carbocycles. The first-order valence-electron chi connectivity index (χ1n) is 7.93. The summed E-state index contributed by atoms with van der Waals surface area (Å²) in [4.78, 5) is 26.9. The van der Waals surface area contributed by atoms with E-state index in [4.69, 9.17) is 4.52 Å². The summed E-state index contributed by atoms with van der Waals surface area (Å²) in [6.45, 7) is 2.49. The molecule has 0 bridgehead atoms. The largest absolute Gasteiger partial charge is 0.361 e. The molecule has 0 N–H and O–H groups in total. The fourth-order valence-corrected chi connectivity index (χ4v) is 3.70. The predicted molar refractivity (Wildman–Crippen MR) is 76.9 cm³/mol. The molecule has 3 rings (SSSR count). The van der Waals surface area contributed by atoms with Crippen molar-refractivity contribution in [2.75, 3.05) is 6.54 Å². The molecule has 1 aromatic heterocycles. The van der Waals surface area contributed by atoms with E-state index >= 15 is 0 Å². The molecule has 2 aliphatic rings. The van der Waals surface area contributed by atoms with Crippen molar-refractivity contribution in [3.05, 3.63) is 17.5 Å². The van der Waals surface area contributed by atoms with Crippen molar-refractivity contribution in [3.63, 3.8) is 0 Å². The molecule has 1 saturated carbocycles. The lowest BCUT2D eigenvalue weighted by Gasteiger charge is -2.41. The maximum absolute atomic E-state index is 12.8. The highest BCUT2D eigenvalue weighted by Crippen LogP contribution is 2.32.